The number of nitrogens with one attached hydrogen (secondary N) is 1. The SMILES string of the molecule is Cc1ccc2c(CCC#N)c(C(F)(F)F)[nH]c2c1C. The van der Waals surface area contributed by atoms with Crippen LogP contribution in [-0.2, 0) is 12.6 Å². The summed E-state index contributed by atoms with van der Waals surface area (Å²) in [5.74, 6) is 0. The summed E-state index contributed by atoms with van der Waals surface area (Å²) in [4.78, 5) is 2.49. The minimum absolute atomic E-state index is 0.0724. The third kappa shape index (κ3) is 2.30. The van der Waals surface area contributed by atoms with Crippen molar-refractivity contribution in [3.8, 4) is 6.07 Å². The highest BCUT2D eigenvalue weighted by atomic mass is 19.4. The van der Waals surface area contributed by atoms with E-state index in [0.717, 1.165) is 11.1 Å². The standard InChI is InChI=1S/C14H13F3N2/c1-8-5-6-10-11(4-3-7-18)13(14(15,16)17)19-12(10)9(8)2/h5-6,19H,3-4H2,1-2H3. The van der Waals surface area contributed by atoms with Crippen LogP contribution in [-0.4, -0.2) is 4.98 Å². The average Bonchev–Trinajstić information content (AvgIpc) is 2.70. The van der Waals surface area contributed by atoms with Crippen molar-refractivity contribution in [3.63, 3.8) is 0 Å². The van der Waals surface area contributed by atoms with E-state index in [4.69, 9.17) is 5.26 Å². The molecule has 19 heavy (non-hydrogen) atoms. The number of nitriles is 1. The molecule has 0 saturated heterocycles. The first-order valence-corrected chi connectivity index (χ1v) is 5.91. The number of benzene rings is 1. The number of halogens is 3. The molecule has 100 valence electrons. The summed E-state index contributed by atoms with van der Waals surface area (Å²) < 4.78 is 39.1. The lowest BCUT2D eigenvalue weighted by Crippen LogP contribution is -2.08. The van der Waals surface area contributed by atoms with E-state index in [9.17, 15) is 13.2 Å². The van der Waals surface area contributed by atoms with Crippen LogP contribution in [0.5, 0.6) is 0 Å². The van der Waals surface area contributed by atoms with E-state index in [1.54, 1.807) is 13.0 Å². The fraction of sp³-hybridized carbons (Fsp3) is 0.357. The molecule has 1 N–H and O–H groups in total. The Morgan fingerprint density at radius 3 is 2.53 bits per heavy atom. The molecule has 2 nitrogen and oxygen atoms in total. The molecule has 0 unspecified atom stereocenters. The number of aromatic nitrogens is 1. The van der Waals surface area contributed by atoms with Crippen molar-refractivity contribution in [1.29, 1.82) is 5.26 Å². The molecule has 0 radical (unpaired) electrons. The van der Waals surface area contributed by atoms with Crippen LogP contribution >= 0.6 is 0 Å². The van der Waals surface area contributed by atoms with Crippen LogP contribution in [0.1, 0.15) is 28.8 Å². The summed E-state index contributed by atoms with van der Waals surface area (Å²) in [6.07, 6.45) is -4.25. The second-order valence-corrected chi connectivity index (χ2v) is 4.56. The van der Waals surface area contributed by atoms with Gasteiger partial charge in [0.15, 0.2) is 0 Å². The Hall–Kier alpha value is -1.96. The Kier molecular flexibility index (Phi) is 3.27. The van der Waals surface area contributed by atoms with Crippen LogP contribution in [0.3, 0.4) is 0 Å². The first-order valence-electron chi connectivity index (χ1n) is 5.91. The van der Waals surface area contributed by atoms with Gasteiger partial charge in [-0.25, -0.2) is 0 Å². The summed E-state index contributed by atoms with van der Waals surface area (Å²) in [6, 6.07) is 5.39. The van der Waals surface area contributed by atoms with Gasteiger partial charge in [0, 0.05) is 17.3 Å². The van der Waals surface area contributed by atoms with Crippen LogP contribution in [0.25, 0.3) is 10.9 Å². The normalized spacial score (nSPS) is 11.8. The number of hydrogen-bond acceptors (Lipinski definition) is 1. The fourth-order valence-electron chi connectivity index (χ4n) is 2.25. The van der Waals surface area contributed by atoms with Crippen molar-refractivity contribution in [2.45, 2.75) is 32.9 Å². The number of hydrogen-bond donors (Lipinski definition) is 1. The smallest absolute Gasteiger partial charge is 0.351 e. The lowest BCUT2D eigenvalue weighted by Gasteiger charge is -2.06. The summed E-state index contributed by atoms with van der Waals surface area (Å²) in [6.45, 7) is 3.65. The molecule has 5 heteroatoms. The summed E-state index contributed by atoms with van der Waals surface area (Å²) in [5.41, 5.74) is 1.72. The summed E-state index contributed by atoms with van der Waals surface area (Å²) in [7, 11) is 0. The van der Waals surface area contributed by atoms with Crippen molar-refractivity contribution < 1.29 is 13.2 Å². The van der Waals surface area contributed by atoms with Gasteiger partial charge in [0.1, 0.15) is 5.69 Å². The number of nitrogens with zero attached hydrogens (tertiary/aromatic N) is 1. The van der Waals surface area contributed by atoms with Gasteiger partial charge in [-0.1, -0.05) is 12.1 Å². The molecule has 2 aromatic rings. The second-order valence-electron chi connectivity index (χ2n) is 4.56. The Bertz CT molecular complexity index is 660. The largest absolute Gasteiger partial charge is 0.431 e. The minimum atomic E-state index is -4.43. The number of fused-ring (bicyclic) bond motifs is 1. The molecule has 0 atom stereocenters. The number of rotatable bonds is 2. The third-order valence-electron chi connectivity index (χ3n) is 3.38. The molecule has 0 amide bonds. The lowest BCUT2D eigenvalue weighted by molar-refractivity contribution is -0.141. The van der Waals surface area contributed by atoms with Gasteiger partial charge in [0.2, 0.25) is 0 Å². The second kappa shape index (κ2) is 4.61. The van der Waals surface area contributed by atoms with Gasteiger partial charge in [0.25, 0.3) is 0 Å². The quantitative estimate of drug-likeness (QED) is 0.866. The Morgan fingerprint density at radius 1 is 1.26 bits per heavy atom. The molecule has 1 aromatic carbocycles. The number of H-pyrrole nitrogens is 1. The van der Waals surface area contributed by atoms with Gasteiger partial charge in [-0.05, 0) is 37.0 Å². The zero-order valence-corrected chi connectivity index (χ0v) is 10.7. The molecule has 1 heterocycles. The summed E-state index contributed by atoms with van der Waals surface area (Å²) >= 11 is 0. The Morgan fingerprint density at radius 2 is 1.95 bits per heavy atom. The molecule has 1 aromatic heterocycles. The maximum atomic E-state index is 13.0. The van der Waals surface area contributed by atoms with Gasteiger partial charge in [0.05, 0.1) is 6.07 Å². The third-order valence-corrected chi connectivity index (χ3v) is 3.38. The Labute approximate surface area is 108 Å². The van der Waals surface area contributed by atoms with Gasteiger partial charge in [-0.2, -0.15) is 18.4 Å². The number of aryl methyl sites for hydroxylation is 3. The van der Waals surface area contributed by atoms with Crippen molar-refractivity contribution in [3.05, 3.63) is 34.5 Å². The van der Waals surface area contributed by atoms with E-state index in [2.05, 4.69) is 4.98 Å². The van der Waals surface area contributed by atoms with Crippen LogP contribution < -0.4 is 0 Å². The molecular formula is C14H13F3N2. The highest BCUT2D eigenvalue weighted by molar-refractivity contribution is 5.88. The predicted molar refractivity (Wildman–Crippen MR) is 66.7 cm³/mol. The maximum Gasteiger partial charge on any atom is 0.431 e. The predicted octanol–water partition coefficient (Wildman–Crippen LogP) is 4.26. The van der Waals surface area contributed by atoms with E-state index in [-0.39, 0.29) is 18.4 Å². The summed E-state index contributed by atoms with van der Waals surface area (Å²) in [5, 5.41) is 9.15. The average molecular weight is 266 g/mol. The van der Waals surface area contributed by atoms with E-state index in [1.807, 2.05) is 19.1 Å². The molecule has 2 rings (SSSR count). The lowest BCUT2D eigenvalue weighted by atomic mass is 10.0. The van der Waals surface area contributed by atoms with Crippen molar-refractivity contribution >= 4 is 10.9 Å². The fourth-order valence-corrected chi connectivity index (χ4v) is 2.25. The topological polar surface area (TPSA) is 39.6 Å². The Balaban J connectivity index is 2.74. The molecule has 0 aliphatic rings. The number of aromatic amines is 1. The minimum Gasteiger partial charge on any atom is -0.351 e. The molecule has 0 aliphatic heterocycles. The van der Waals surface area contributed by atoms with Crippen molar-refractivity contribution in [2.75, 3.05) is 0 Å². The van der Waals surface area contributed by atoms with Gasteiger partial charge in [-0.3, -0.25) is 0 Å². The van der Waals surface area contributed by atoms with Crippen LogP contribution in [0.2, 0.25) is 0 Å². The first-order chi connectivity index (χ1) is 8.86. The van der Waals surface area contributed by atoms with Crippen LogP contribution in [0.4, 0.5) is 13.2 Å². The van der Waals surface area contributed by atoms with E-state index in [1.165, 1.54) is 0 Å². The van der Waals surface area contributed by atoms with Gasteiger partial charge < -0.3 is 4.98 Å². The first kappa shape index (κ1) is 13.5. The zero-order valence-electron chi connectivity index (χ0n) is 10.7. The van der Waals surface area contributed by atoms with Crippen LogP contribution in [0, 0.1) is 25.2 Å². The molecule has 0 saturated carbocycles. The van der Waals surface area contributed by atoms with Crippen molar-refractivity contribution in [2.24, 2.45) is 0 Å². The van der Waals surface area contributed by atoms with Gasteiger partial charge >= 0.3 is 6.18 Å². The zero-order chi connectivity index (χ0) is 14.2. The highest BCUT2D eigenvalue weighted by Gasteiger charge is 2.36. The van der Waals surface area contributed by atoms with Crippen LogP contribution in [0.15, 0.2) is 12.1 Å². The molecule has 0 bridgehead atoms. The maximum absolute atomic E-state index is 13.0. The molecule has 0 fully saturated rings. The molecule has 0 spiro atoms. The van der Waals surface area contributed by atoms with E-state index >= 15 is 0 Å². The van der Waals surface area contributed by atoms with E-state index < -0.39 is 11.9 Å². The molecule has 0 aliphatic carbocycles. The monoisotopic (exact) mass is 266 g/mol. The molecular weight excluding hydrogens is 253 g/mol. The highest BCUT2D eigenvalue weighted by Crippen LogP contribution is 2.37. The van der Waals surface area contributed by atoms with E-state index in [0.29, 0.717) is 10.9 Å². The number of alkyl halides is 3. The van der Waals surface area contributed by atoms with Gasteiger partial charge in [-0.15, -0.1) is 0 Å². The van der Waals surface area contributed by atoms with Crippen molar-refractivity contribution in [1.82, 2.24) is 4.98 Å².